The molecule has 3 N–H and O–H groups in total. The second-order valence-electron chi connectivity index (χ2n) is 8.05. The first-order chi connectivity index (χ1) is 15.3. The van der Waals surface area contributed by atoms with E-state index in [4.69, 9.17) is 32.7 Å². The Kier molecular flexibility index (Phi) is 9.91. The molecule has 1 saturated carbocycles. The molecule has 6 nitrogen and oxygen atoms in total. The van der Waals surface area contributed by atoms with Crippen molar-refractivity contribution in [2.24, 2.45) is 0 Å². The van der Waals surface area contributed by atoms with Crippen LogP contribution in [0.2, 0.25) is 10.0 Å². The van der Waals surface area contributed by atoms with Gasteiger partial charge in [0.2, 0.25) is 0 Å². The van der Waals surface area contributed by atoms with Crippen molar-refractivity contribution in [3.8, 4) is 11.5 Å². The number of aliphatic hydroxyl groups is 1. The van der Waals surface area contributed by atoms with Crippen LogP contribution in [0.25, 0.3) is 0 Å². The van der Waals surface area contributed by atoms with Gasteiger partial charge in [0.25, 0.3) is 0 Å². The van der Waals surface area contributed by atoms with E-state index in [1.165, 1.54) is 0 Å². The van der Waals surface area contributed by atoms with Gasteiger partial charge in [0.15, 0.2) is 0 Å². The van der Waals surface area contributed by atoms with Crippen molar-refractivity contribution in [1.82, 2.24) is 10.6 Å². The van der Waals surface area contributed by atoms with Gasteiger partial charge in [-0.2, -0.15) is 0 Å². The molecule has 0 aromatic heterocycles. The first-order valence-electron chi connectivity index (χ1n) is 10.6. The van der Waals surface area contributed by atoms with E-state index in [2.05, 4.69) is 10.6 Å². The van der Waals surface area contributed by atoms with Crippen LogP contribution in [0.3, 0.4) is 0 Å². The predicted molar refractivity (Wildman–Crippen MR) is 127 cm³/mol. The molecule has 1 fully saturated rings. The van der Waals surface area contributed by atoms with Crippen molar-refractivity contribution >= 4 is 54.9 Å². The Bertz CT molecular complexity index is 859. The quantitative estimate of drug-likeness (QED) is 0.339. The Hall–Kier alpha value is -1.07. The summed E-state index contributed by atoms with van der Waals surface area (Å²) in [4.78, 5) is 12.4. The van der Waals surface area contributed by atoms with Crippen molar-refractivity contribution in [1.29, 1.82) is 0 Å². The molecule has 1 amide bonds. The van der Waals surface area contributed by atoms with E-state index in [0.29, 0.717) is 59.9 Å². The second kappa shape index (κ2) is 12.4. The van der Waals surface area contributed by atoms with Gasteiger partial charge in [-0.15, -0.1) is 0 Å². The minimum atomic E-state index is -0.597. The van der Waals surface area contributed by atoms with Crippen LogP contribution in [0.4, 0.5) is 0 Å². The van der Waals surface area contributed by atoms with E-state index < -0.39 is 6.10 Å². The monoisotopic (exact) mass is 670 g/mol. The Morgan fingerprint density at radius 2 is 1.56 bits per heavy atom. The number of hydrogen-bond donors (Lipinski definition) is 3. The third kappa shape index (κ3) is 8.70. The van der Waals surface area contributed by atoms with Crippen LogP contribution in [0.15, 0.2) is 48.5 Å². The van der Waals surface area contributed by atoms with Gasteiger partial charge in [-0.25, -0.2) is 0 Å². The van der Waals surface area contributed by atoms with Gasteiger partial charge in [-0.1, -0.05) is 11.6 Å². The van der Waals surface area contributed by atoms with Crippen LogP contribution < -0.4 is 20.1 Å². The zero-order valence-electron chi connectivity index (χ0n) is 17.7. The zero-order valence-corrected chi connectivity index (χ0v) is 23.7. The number of carbonyl (C=O) groups is 1. The van der Waals surface area contributed by atoms with Gasteiger partial charge in [0, 0.05) is 5.02 Å². The summed E-state index contributed by atoms with van der Waals surface area (Å²) in [6.45, 7) is 0.685. The molecule has 2 aromatic rings. The molecule has 0 bridgehead atoms. The minimum absolute atomic E-state index is 0.00239. The molecule has 170 valence electrons. The van der Waals surface area contributed by atoms with Crippen molar-refractivity contribution < 1.29 is 19.4 Å². The molecular weight excluding hydrogens is 644 g/mol. The maximum absolute atomic E-state index is 12.4. The normalized spacial score (nSPS) is 21.5. The van der Waals surface area contributed by atoms with E-state index in [-0.39, 0.29) is 22.2 Å². The second-order valence-corrected chi connectivity index (χ2v) is 13.2. The average molecular weight is 671 g/mol. The standard InChI is InChI=1S/C23H27Cl2N2O4.Tl/c24-16-1-9-21(10-2-16)30-14-20(28)13-26-18-5-7-19(8-6-18)27-23(29)15-31-22-11-3-17(25)4-12-22;/h1-4,9-12,18,20,26,28H,5-8,13-15H2,(H,27,29);/t20-;/m0./s1. The first kappa shape index (κ1) is 25.6. The third-order valence-corrected chi connectivity index (χ3v) is 8.66. The molecule has 1 aliphatic carbocycles. The van der Waals surface area contributed by atoms with Crippen LogP contribution in [0, 0.1) is 0 Å². The molecule has 3 rings (SSSR count). The molecule has 0 heterocycles. The number of benzene rings is 2. The number of rotatable bonds is 10. The van der Waals surface area contributed by atoms with Crippen molar-refractivity contribution in [2.75, 3.05) is 19.8 Å². The number of aliphatic hydroxyl groups excluding tert-OH is 1. The van der Waals surface area contributed by atoms with Gasteiger partial charge in [0.05, 0.1) is 0 Å². The van der Waals surface area contributed by atoms with Crippen LogP contribution in [-0.4, -0.2) is 71.8 Å². The molecule has 2 aromatic carbocycles. The summed E-state index contributed by atoms with van der Waals surface area (Å²) in [5.74, 6) is 1.22. The summed E-state index contributed by atoms with van der Waals surface area (Å²) in [7, 11) is 0. The Morgan fingerprint density at radius 1 is 1.03 bits per heavy atom. The summed E-state index contributed by atoms with van der Waals surface area (Å²) < 4.78 is 11.0. The summed E-state index contributed by atoms with van der Waals surface area (Å²) in [5, 5.41) is 18.1. The number of amides is 1. The predicted octanol–water partition coefficient (Wildman–Crippen LogP) is 3.33. The number of ether oxygens (including phenoxy) is 2. The van der Waals surface area contributed by atoms with Crippen LogP contribution in [0.5, 0.6) is 11.5 Å². The zero-order chi connectivity index (χ0) is 23.0. The van der Waals surface area contributed by atoms with Crippen LogP contribution >= 0.6 is 23.2 Å². The first-order valence-corrected chi connectivity index (χ1v) is 13.6. The fourth-order valence-electron chi connectivity index (χ4n) is 3.54. The van der Waals surface area contributed by atoms with Gasteiger partial charge < -0.3 is 0 Å². The van der Waals surface area contributed by atoms with Gasteiger partial charge in [-0.3, -0.25) is 0 Å². The third-order valence-electron chi connectivity index (χ3n) is 5.35. The van der Waals surface area contributed by atoms with Gasteiger partial charge in [0.1, 0.15) is 0 Å². The SMILES string of the molecule is O=C(COc1ccc(Cl)cc1)N[C]1([Tl])CCC(NC[C@H](O)COc2ccc(Cl)cc2)CC1. The summed E-state index contributed by atoms with van der Waals surface area (Å²) in [6.07, 6.45) is 3.18. The number of halogens is 2. The molecule has 0 radical (unpaired) electrons. The van der Waals surface area contributed by atoms with Crippen molar-refractivity contribution in [3.63, 3.8) is 0 Å². The summed E-state index contributed by atoms with van der Waals surface area (Å²) in [5.41, 5.74) is 0. The molecule has 0 spiro atoms. The fraction of sp³-hybridized carbons (Fsp3) is 0.435. The topological polar surface area (TPSA) is 79.8 Å². The van der Waals surface area contributed by atoms with E-state index in [1.807, 2.05) is 0 Å². The van der Waals surface area contributed by atoms with Gasteiger partial charge in [-0.05, 0) is 0 Å². The number of hydrogen-bond acceptors (Lipinski definition) is 5. The molecule has 0 saturated heterocycles. The Labute approximate surface area is 214 Å². The molecule has 32 heavy (non-hydrogen) atoms. The Balaban J connectivity index is 1.32. The molecule has 1 atom stereocenters. The van der Waals surface area contributed by atoms with E-state index in [1.54, 1.807) is 48.5 Å². The summed E-state index contributed by atoms with van der Waals surface area (Å²) in [6, 6.07) is 14.4. The molecule has 1 aliphatic rings. The molecule has 0 unspecified atom stereocenters. The Morgan fingerprint density at radius 3 is 2.12 bits per heavy atom. The number of carbonyl (C=O) groups excluding carboxylic acids is 1. The van der Waals surface area contributed by atoms with E-state index >= 15 is 0 Å². The maximum atomic E-state index is 12.4. The fourth-order valence-corrected chi connectivity index (χ4v) is 5.71. The van der Waals surface area contributed by atoms with Crippen LogP contribution in [0.1, 0.15) is 25.7 Å². The molecular formula is C23H27Cl2N2O4Tl. The van der Waals surface area contributed by atoms with Gasteiger partial charge >= 0.3 is 199 Å². The van der Waals surface area contributed by atoms with Crippen molar-refractivity contribution in [3.05, 3.63) is 58.6 Å². The average Bonchev–Trinajstić information content (AvgIpc) is 2.78. The molecule has 9 heteroatoms. The molecule has 0 aliphatic heterocycles. The van der Waals surface area contributed by atoms with Crippen molar-refractivity contribution in [2.45, 2.75) is 40.9 Å². The number of nitrogens with one attached hydrogen (secondary N) is 2. The van der Waals surface area contributed by atoms with Crippen LogP contribution in [-0.2, 0) is 4.79 Å². The van der Waals surface area contributed by atoms with E-state index in [0.717, 1.165) is 25.7 Å². The summed E-state index contributed by atoms with van der Waals surface area (Å²) >= 11 is 12.3. The van der Waals surface area contributed by atoms with E-state index in [9.17, 15) is 9.90 Å².